The number of carbonyl (C=O) groups excluding carboxylic acids is 2. The van der Waals surface area contributed by atoms with Gasteiger partial charge in [0.25, 0.3) is 5.91 Å². The Labute approximate surface area is 126 Å². The molecule has 21 heavy (non-hydrogen) atoms. The molecule has 0 aromatic heterocycles. The van der Waals surface area contributed by atoms with E-state index in [1.165, 1.54) is 17.0 Å². The first-order valence-corrected chi connectivity index (χ1v) is 7.05. The Morgan fingerprint density at radius 3 is 2.71 bits per heavy atom. The van der Waals surface area contributed by atoms with Crippen molar-refractivity contribution in [1.29, 1.82) is 0 Å². The molecule has 2 rings (SSSR count). The molecule has 0 radical (unpaired) electrons. The molecule has 0 bridgehead atoms. The summed E-state index contributed by atoms with van der Waals surface area (Å²) in [6.45, 7) is -0.144. The number of hydrogen-bond donors (Lipinski definition) is 2. The molecule has 7 heteroatoms. The molecule has 1 aromatic carbocycles. The average molecular weight is 315 g/mol. The Morgan fingerprint density at radius 1 is 1.43 bits per heavy atom. The fraction of sp³-hybridized carbons (Fsp3) is 0.429. The summed E-state index contributed by atoms with van der Waals surface area (Å²) < 4.78 is 13.6. The lowest BCUT2D eigenvalue weighted by Gasteiger charge is -2.21. The first kappa shape index (κ1) is 15.7. The van der Waals surface area contributed by atoms with Crippen LogP contribution < -0.4 is 5.32 Å². The van der Waals surface area contributed by atoms with Gasteiger partial charge in [0.2, 0.25) is 5.91 Å². The first-order valence-electron chi connectivity index (χ1n) is 6.67. The molecule has 2 N–H and O–H groups in total. The van der Waals surface area contributed by atoms with Crippen molar-refractivity contribution < 1.29 is 19.1 Å². The molecule has 0 aliphatic heterocycles. The van der Waals surface area contributed by atoms with Gasteiger partial charge in [0.1, 0.15) is 5.82 Å². The average Bonchev–Trinajstić information content (AvgIpc) is 3.26. The van der Waals surface area contributed by atoms with Gasteiger partial charge in [0, 0.05) is 12.6 Å². The van der Waals surface area contributed by atoms with Crippen molar-refractivity contribution in [2.24, 2.45) is 0 Å². The van der Waals surface area contributed by atoms with Crippen molar-refractivity contribution in [3.8, 4) is 0 Å². The van der Waals surface area contributed by atoms with Gasteiger partial charge < -0.3 is 15.3 Å². The van der Waals surface area contributed by atoms with Crippen LogP contribution in [0.5, 0.6) is 0 Å². The predicted molar refractivity (Wildman–Crippen MR) is 75.6 cm³/mol. The lowest BCUT2D eigenvalue weighted by atomic mass is 10.2. The SMILES string of the molecule is O=C(NCC(=O)N(CCO)C1CC1)c1c(F)cccc1Cl. The van der Waals surface area contributed by atoms with Gasteiger partial charge in [-0.25, -0.2) is 4.39 Å². The smallest absolute Gasteiger partial charge is 0.256 e. The third-order valence-electron chi connectivity index (χ3n) is 3.24. The maximum atomic E-state index is 13.6. The number of rotatable bonds is 6. The van der Waals surface area contributed by atoms with Crippen LogP contribution in [0.15, 0.2) is 18.2 Å². The van der Waals surface area contributed by atoms with Gasteiger partial charge >= 0.3 is 0 Å². The van der Waals surface area contributed by atoms with Gasteiger partial charge in [0.05, 0.1) is 23.7 Å². The number of halogens is 2. The second-order valence-electron chi connectivity index (χ2n) is 4.82. The van der Waals surface area contributed by atoms with Gasteiger partial charge in [-0.15, -0.1) is 0 Å². The van der Waals surface area contributed by atoms with E-state index in [0.717, 1.165) is 18.9 Å². The number of amides is 2. The van der Waals surface area contributed by atoms with E-state index in [0.29, 0.717) is 0 Å². The van der Waals surface area contributed by atoms with E-state index in [4.69, 9.17) is 16.7 Å². The minimum atomic E-state index is -0.734. The minimum absolute atomic E-state index is 0.00523. The van der Waals surface area contributed by atoms with Crippen LogP contribution in [0.3, 0.4) is 0 Å². The van der Waals surface area contributed by atoms with Gasteiger partial charge in [0.15, 0.2) is 0 Å². The maximum absolute atomic E-state index is 13.6. The third kappa shape index (κ3) is 3.92. The molecule has 2 amide bonds. The zero-order valence-electron chi connectivity index (χ0n) is 11.3. The monoisotopic (exact) mass is 314 g/mol. The molecule has 1 aliphatic rings. The van der Waals surface area contributed by atoms with Crippen molar-refractivity contribution in [2.45, 2.75) is 18.9 Å². The second-order valence-corrected chi connectivity index (χ2v) is 5.23. The Balaban J connectivity index is 1.95. The van der Waals surface area contributed by atoms with Crippen LogP contribution in [0.1, 0.15) is 23.2 Å². The lowest BCUT2D eigenvalue weighted by molar-refractivity contribution is -0.131. The Bertz CT molecular complexity index is 529. The third-order valence-corrected chi connectivity index (χ3v) is 3.55. The van der Waals surface area contributed by atoms with E-state index < -0.39 is 11.7 Å². The van der Waals surface area contributed by atoms with Gasteiger partial charge in [-0.3, -0.25) is 9.59 Å². The van der Waals surface area contributed by atoms with Crippen molar-refractivity contribution >= 4 is 23.4 Å². The highest BCUT2D eigenvalue weighted by molar-refractivity contribution is 6.33. The molecule has 114 valence electrons. The molecule has 0 spiro atoms. The van der Waals surface area contributed by atoms with Crippen molar-refractivity contribution in [3.63, 3.8) is 0 Å². The van der Waals surface area contributed by atoms with Crippen LogP contribution >= 0.6 is 11.6 Å². The highest BCUT2D eigenvalue weighted by atomic mass is 35.5. The number of carbonyl (C=O) groups is 2. The van der Waals surface area contributed by atoms with Crippen LogP contribution in [0.2, 0.25) is 5.02 Å². The second kappa shape index (κ2) is 6.87. The summed E-state index contributed by atoms with van der Waals surface area (Å²) in [5.41, 5.74) is -0.271. The number of aliphatic hydroxyl groups is 1. The molecule has 0 heterocycles. The summed E-state index contributed by atoms with van der Waals surface area (Å²) in [4.78, 5) is 25.4. The quantitative estimate of drug-likeness (QED) is 0.829. The zero-order chi connectivity index (χ0) is 15.4. The van der Waals surface area contributed by atoms with Crippen molar-refractivity contribution in [1.82, 2.24) is 10.2 Å². The van der Waals surface area contributed by atoms with E-state index in [-0.39, 0.29) is 42.2 Å². The van der Waals surface area contributed by atoms with Gasteiger partial charge in [-0.1, -0.05) is 17.7 Å². The van der Waals surface area contributed by atoms with E-state index >= 15 is 0 Å². The van der Waals surface area contributed by atoms with Crippen molar-refractivity contribution in [2.75, 3.05) is 19.7 Å². The molecule has 1 saturated carbocycles. The molecular formula is C14H16ClFN2O3. The fourth-order valence-corrected chi connectivity index (χ4v) is 2.31. The summed E-state index contributed by atoms with van der Waals surface area (Å²) in [6.07, 6.45) is 1.80. The molecule has 1 fully saturated rings. The topological polar surface area (TPSA) is 69.6 Å². The maximum Gasteiger partial charge on any atom is 0.256 e. The van der Waals surface area contributed by atoms with Crippen LogP contribution in [-0.2, 0) is 4.79 Å². The highest BCUT2D eigenvalue weighted by Gasteiger charge is 2.32. The number of benzene rings is 1. The Kier molecular flexibility index (Phi) is 5.14. The van der Waals surface area contributed by atoms with Gasteiger partial charge in [-0.05, 0) is 25.0 Å². The summed E-state index contributed by atoms with van der Waals surface area (Å²) in [7, 11) is 0. The van der Waals surface area contributed by atoms with Crippen LogP contribution in [0.25, 0.3) is 0 Å². The minimum Gasteiger partial charge on any atom is -0.395 e. The van der Waals surface area contributed by atoms with Crippen molar-refractivity contribution in [3.05, 3.63) is 34.6 Å². The number of aliphatic hydroxyl groups excluding tert-OH is 1. The lowest BCUT2D eigenvalue weighted by Crippen LogP contribution is -2.42. The van der Waals surface area contributed by atoms with E-state index in [1.54, 1.807) is 0 Å². The Hall–Kier alpha value is -1.66. The van der Waals surface area contributed by atoms with E-state index in [9.17, 15) is 14.0 Å². The zero-order valence-corrected chi connectivity index (χ0v) is 12.1. The Morgan fingerprint density at radius 2 is 2.14 bits per heavy atom. The van der Waals surface area contributed by atoms with Gasteiger partial charge in [-0.2, -0.15) is 0 Å². The molecule has 0 unspecified atom stereocenters. The summed E-state index contributed by atoms with van der Waals surface area (Å²) in [6, 6.07) is 4.07. The summed E-state index contributed by atoms with van der Waals surface area (Å²) in [5, 5.41) is 11.3. The molecule has 1 aromatic rings. The number of nitrogens with one attached hydrogen (secondary N) is 1. The highest BCUT2D eigenvalue weighted by Crippen LogP contribution is 2.26. The molecular weight excluding hydrogens is 299 g/mol. The molecule has 1 aliphatic carbocycles. The standard InChI is InChI=1S/C14H16ClFN2O3/c15-10-2-1-3-11(16)13(10)14(21)17-8-12(20)18(6-7-19)9-4-5-9/h1-3,9,19H,4-8H2,(H,17,21). The van der Waals surface area contributed by atoms with Crippen LogP contribution in [0, 0.1) is 5.82 Å². The number of hydrogen-bond acceptors (Lipinski definition) is 3. The predicted octanol–water partition coefficient (Wildman–Crippen LogP) is 1.19. The summed E-state index contributed by atoms with van der Waals surface area (Å²) in [5.74, 6) is -1.76. The molecule has 5 nitrogen and oxygen atoms in total. The number of nitrogens with zero attached hydrogens (tertiary/aromatic N) is 1. The normalized spacial score (nSPS) is 13.9. The summed E-state index contributed by atoms with van der Waals surface area (Å²) >= 11 is 5.78. The van der Waals surface area contributed by atoms with Crippen LogP contribution in [0.4, 0.5) is 4.39 Å². The van der Waals surface area contributed by atoms with Crippen LogP contribution in [-0.4, -0.2) is 47.6 Å². The largest absolute Gasteiger partial charge is 0.395 e. The fourth-order valence-electron chi connectivity index (χ4n) is 2.07. The molecule has 0 saturated heterocycles. The van der Waals surface area contributed by atoms with E-state index in [2.05, 4.69) is 5.32 Å². The first-order chi connectivity index (χ1) is 10.0. The molecule has 0 atom stereocenters. The van der Waals surface area contributed by atoms with E-state index in [1.807, 2.05) is 0 Å².